The molecular formula is C59H52BIN2O2. The van der Waals surface area contributed by atoms with Crippen LogP contribution in [0.1, 0.15) is 73.2 Å². The fraction of sp³-hybridized carbons (Fsp3) is 0.203. The number of hydrogen-bond donors (Lipinski definition) is 0. The molecule has 4 nitrogen and oxygen atoms in total. The number of fused-ring (bicyclic) bond motifs is 2. The highest BCUT2D eigenvalue weighted by molar-refractivity contribution is 14.1. The second kappa shape index (κ2) is 16.0. The smallest absolute Gasteiger partial charge is 0.483 e. The van der Waals surface area contributed by atoms with Gasteiger partial charge in [-0.3, -0.25) is 0 Å². The Morgan fingerprint density at radius 1 is 0.538 bits per heavy atom. The lowest BCUT2D eigenvalue weighted by molar-refractivity contribution is -0.386. The highest BCUT2D eigenvalue weighted by Crippen LogP contribution is 2.45. The molecule has 0 fully saturated rings. The zero-order valence-electron chi connectivity index (χ0n) is 37.7. The fourth-order valence-electron chi connectivity index (χ4n) is 11.9. The molecular weight excluding hydrogens is 906 g/mol. The molecule has 6 heteroatoms. The van der Waals surface area contributed by atoms with Crippen LogP contribution in [0, 0.1) is 17.4 Å². The third-order valence-electron chi connectivity index (χ3n) is 14.7. The van der Waals surface area contributed by atoms with Gasteiger partial charge in [0.25, 0.3) is 0 Å². The zero-order chi connectivity index (χ0) is 44.0. The molecule has 65 heavy (non-hydrogen) atoms. The van der Waals surface area contributed by atoms with Gasteiger partial charge >= 0.3 is 6.82 Å². The van der Waals surface area contributed by atoms with Crippen LogP contribution in [0.25, 0.3) is 70.2 Å². The lowest BCUT2D eigenvalue weighted by atomic mass is 9.77. The molecule has 0 saturated carbocycles. The summed E-state index contributed by atoms with van der Waals surface area (Å²) in [5, 5.41) is 16.2. The number of rotatable bonds is 13. The summed E-state index contributed by atoms with van der Waals surface area (Å²) in [5.41, 5.74) is 12.4. The summed E-state index contributed by atoms with van der Waals surface area (Å²) in [4.78, 5) is 0. The van der Waals surface area contributed by atoms with Crippen molar-refractivity contribution in [1.29, 1.82) is 0 Å². The van der Waals surface area contributed by atoms with Gasteiger partial charge < -0.3 is 18.3 Å². The van der Waals surface area contributed by atoms with E-state index in [0.717, 1.165) is 49.9 Å². The second-order valence-electron chi connectivity index (χ2n) is 18.7. The Balaban J connectivity index is 0.854. The normalized spacial score (nSPS) is 14.9. The number of allylic oxidation sites excluding steroid dienone is 2. The first-order valence-corrected chi connectivity index (χ1v) is 24.6. The molecule has 0 atom stereocenters. The van der Waals surface area contributed by atoms with E-state index < -0.39 is 6.82 Å². The van der Waals surface area contributed by atoms with Crippen LogP contribution in [-0.2, 0) is 22.2 Å². The van der Waals surface area contributed by atoms with Crippen LogP contribution < -0.4 is 0 Å². The third-order valence-corrected chi connectivity index (χ3v) is 15.4. The van der Waals surface area contributed by atoms with Crippen molar-refractivity contribution in [3.05, 3.63) is 194 Å². The number of benzene rings is 9. The number of aryl methyl sites for hydroxylation is 4. The molecule has 0 saturated heterocycles. The van der Waals surface area contributed by atoms with Crippen molar-refractivity contribution in [3.63, 3.8) is 0 Å². The van der Waals surface area contributed by atoms with Crippen molar-refractivity contribution in [1.82, 2.24) is 4.48 Å². The first-order chi connectivity index (χ1) is 31.8. The summed E-state index contributed by atoms with van der Waals surface area (Å²) >= 11 is 2.41. The second-order valence-corrected chi connectivity index (χ2v) is 20.0. The number of aromatic nitrogens is 1. The first-order valence-electron chi connectivity index (χ1n) is 23.5. The Kier molecular flexibility index (Phi) is 10.00. The average Bonchev–Trinajstić information content (AvgIpc) is 3.80. The van der Waals surface area contributed by atoms with Crippen LogP contribution in [0.5, 0.6) is 0 Å². The van der Waals surface area contributed by atoms with E-state index in [1.165, 1.54) is 113 Å². The van der Waals surface area contributed by atoms with Crippen molar-refractivity contribution in [2.24, 2.45) is 0 Å². The van der Waals surface area contributed by atoms with Gasteiger partial charge in [0, 0.05) is 41.1 Å². The number of hydrogen-bond acceptors (Lipinski definition) is 2. The molecule has 0 aliphatic carbocycles. The minimum atomic E-state index is -2.17. The topological polar surface area (TPSA) is 26.4 Å². The van der Waals surface area contributed by atoms with Gasteiger partial charge in [0.15, 0.2) is 5.70 Å². The monoisotopic (exact) mass is 958 g/mol. The molecule has 9 aromatic carbocycles. The molecule has 0 N–H and O–H groups in total. The third kappa shape index (κ3) is 6.50. The molecule has 3 heterocycles. The molecule has 12 rings (SSSR count). The van der Waals surface area contributed by atoms with Gasteiger partial charge in [-0.2, -0.15) is 0 Å². The van der Waals surface area contributed by atoms with Crippen molar-refractivity contribution in [2.75, 3.05) is 13.2 Å². The lowest BCUT2D eigenvalue weighted by Gasteiger charge is -2.43. The van der Waals surface area contributed by atoms with Gasteiger partial charge in [0.1, 0.15) is 5.71 Å². The molecule has 1 aromatic heterocycles. The molecule has 0 unspecified atom stereocenters. The van der Waals surface area contributed by atoms with Crippen molar-refractivity contribution in [3.8, 4) is 0 Å². The molecule has 2 aliphatic rings. The van der Waals surface area contributed by atoms with E-state index in [1.807, 2.05) is 0 Å². The Bertz CT molecular complexity index is 3420. The van der Waals surface area contributed by atoms with E-state index in [-0.39, 0.29) is 0 Å². The lowest BCUT2D eigenvalue weighted by Crippen LogP contribution is -2.63. The fourth-order valence-corrected chi connectivity index (χ4v) is 12.3. The summed E-state index contributed by atoms with van der Waals surface area (Å²) in [7, 11) is 0. The van der Waals surface area contributed by atoms with Crippen LogP contribution in [0.15, 0.2) is 157 Å². The van der Waals surface area contributed by atoms with E-state index >= 15 is 0 Å². The van der Waals surface area contributed by atoms with E-state index in [1.54, 1.807) is 0 Å². The highest BCUT2D eigenvalue weighted by atomic mass is 127. The van der Waals surface area contributed by atoms with Crippen LogP contribution in [0.2, 0.25) is 0 Å². The van der Waals surface area contributed by atoms with E-state index in [0.29, 0.717) is 13.2 Å². The summed E-state index contributed by atoms with van der Waals surface area (Å²) < 4.78 is 21.0. The Hall–Kier alpha value is -5.80. The summed E-state index contributed by atoms with van der Waals surface area (Å²) in [5.74, 6) is 0. The average molecular weight is 959 g/mol. The highest BCUT2D eigenvalue weighted by Gasteiger charge is 2.56. The van der Waals surface area contributed by atoms with Crippen molar-refractivity contribution < 1.29 is 13.8 Å². The molecule has 320 valence electrons. The van der Waals surface area contributed by atoms with Gasteiger partial charge in [0.05, 0.1) is 5.57 Å². The molecule has 2 aliphatic heterocycles. The Morgan fingerprint density at radius 3 is 1.54 bits per heavy atom. The molecule has 0 bridgehead atoms. The predicted molar refractivity (Wildman–Crippen MR) is 283 cm³/mol. The van der Waals surface area contributed by atoms with Gasteiger partial charge in [-0.15, -0.1) is 0 Å². The standard InChI is InChI=1S/C59H52BIN2O2/c1-37-35-39(3)62-58(37)57(49-25-29-50(61)30-26-49)59-38(2)36-40(4)63(59)60(62,64-33-7-5-11-41-17-19-47-23-21-43-13-9-15-45-27-31-51(41)55(47)53(43)45)65-34-8-6-12-42-18-20-48-24-22-44-14-10-16-46-28-32-52(42)56(48)54(44)46/h9-10,13-32,35-36H,5-8,11-12,33-34H2,1-4H3. The number of nitrogens with zero attached hydrogens (tertiary/aromatic N) is 2. The van der Waals surface area contributed by atoms with E-state index in [4.69, 9.17) is 9.31 Å². The molecule has 10 aromatic rings. The zero-order valence-corrected chi connectivity index (χ0v) is 39.8. The molecule has 0 radical (unpaired) electrons. The largest absolute Gasteiger partial charge is 0.666 e. The summed E-state index contributed by atoms with van der Waals surface area (Å²) in [6.07, 6.45) is 8.17. The maximum absolute atomic E-state index is 7.47. The number of halogens is 1. The Morgan fingerprint density at radius 2 is 1.02 bits per heavy atom. The summed E-state index contributed by atoms with van der Waals surface area (Å²) in [6, 6.07) is 52.3. The molecule has 0 amide bonds. The minimum Gasteiger partial charge on any atom is -0.483 e. The van der Waals surface area contributed by atoms with E-state index in [2.05, 4.69) is 205 Å². The van der Waals surface area contributed by atoms with Crippen LogP contribution in [0.4, 0.5) is 0 Å². The van der Waals surface area contributed by atoms with Crippen molar-refractivity contribution >= 4 is 105 Å². The summed E-state index contributed by atoms with van der Waals surface area (Å²) in [6.45, 7) is 7.94. The van der Waals surface area contributed by atoms with Gasteiger partial charge in [-0.05, 0) is 193 Å². The van der Waals surface area contributed by atoms with Gasteiger partial charge in [-0.1, -0.05) is 121 Å². The minimum absolute atomic E-state index is 0.583. The van der Waals surface area contributed by atoms with Crippen LogP contribution in [-0.4, -0.2) is 34.7 Å². The molecule has 0 spiro atoms. The van der Waals surface area contributed by atoms with E-state index in [9.17, 15) is 0 Å². The van der Waals surface area contributed by atoms with Gasteiger partial charge in [-0.25, -0.2) is 0 Å². The predicted octanol–water partition coefficient (Wildman–Crippen LogP) is 15.1. The number of unbranched alkanes of at least 4 members (excludes halogenated alkanes) is 2. The maximum atomic E-state index is 7.47. The SMILES string of the molecule is CC1=CC(C)=[N+]2C1=C(c1ccc(I)cc1)c1c(C)cc(C)n1[B-]2(OCCCCc1ccc2ccc3cccc4ccc1c2c34)OCCCCc1ccc2ccc3cccc4ccc1c2c34. The van der Waals surface area contributed by atoms with Crippen LogP contribution >= 0.6 is 22.6 Å². The first kappa shape index (κ1) is 40.7. The maximum Gasteiger partial charge on any atom is 0.666 e. The van der Waals surface area contributed by atoms with Gasteiger partial charge in [0.2, 0.25) is 0 Å². The van der Waals surface area contributed by atoms with Crippen molar-refractivity contribution in [2.45, 2.75) is 66.2 Å². The quantitative estimate of drug-likeness (QED) is 0.0498. The Labute approximate surface area is 394 Å². The van der Waals surface area contributed by atoms with Crippen LogP contribution in [0.3, 0.4) is 0 Å².